The van der Waals surface area contributed by atoms with Crippen molar-refractivity contribution in [3.8, 4) is 0 Å². The van der Waals surface area contributed by atoms with Gasteiger partial charge in [0.15, 0.2) is 0 Å². The zero-order valence-corrected chi connectivity index (χ0v) is 19.8. The second kappa shape index (κ2) is 11.6. The summed E-state index contributed by atoms with van der Waals surface area (Å²) in [5.41, 5.74) is 1.000. The molecule has 2 aromatic rings. The summed E-state index contributed by atoms with van der Waals surface area (Å²) in [4.78, 5) is 28.9. The lowest BCUT2D eigenvalue weighted by molar-refractivity contribution is -0.139. The third-order valence-electron chi connectivity index (χ3n) is 5.47. The molecule has 1 aliphatic rings. The van der Waals surface area contributed by atoms with Crippen molar-refractivity contribution in [1.29, 1.82) is 0 Å². The van der Waals surface area contributed by atoms with Gasteiger partial charge in [-0.1, -0.05) is 65.5 Å². The minimum Gasteiger partial charge on any atom is -0.352 e. The van der Waals surface area contributed by atoms with Crippen molar-refractivity contribution in [3.63, 3.8) is 0 Å². The maximum atomic E-state index is 13.2. The van der Waals surface area contributed by atoms with Gasteiger partial charge >= 0.3 is 0 Å². The van der Waals surface area contributed by atoms with Crippen LogP contribution in [0.5, 0.6) is 0 Å². The molecule has 0 heterocycles. The summed E-state index contributed by atoms with van der Waals surface area (Å²) in [6.07, 6.45) is 5.62. The Kier molecular flexibility index (Phi) is 8.82. The van der Waals surface area contributed by atoms with Crippen LogP contribution < -0.4 is 5.32 Å². The highest BCUT2D eigenvalue weighted by molar-refractivity contribution is 9.10. The van der Waals surface area contributed by atoms with Gasteiger partial charge in [0.2, 0.25) is 11.8 Å². The number of halogens is 1. The fraction of sp³-hybridized carbons (Fsp3) is 0.417. The first-order valence-electron chi connectivity index (χ1n) is 10.5. The van der Waals surface area contributed by atoms with Crippen molar-refractivity contribution in [2.75, 3.05) is 5.75 Å². The zero-order chi connectivity index (χ0) is 21.3. The highest BCUT2D eigenvalue weighted by Crippen LogP contribution is 2.21. The third kappa shape index (κ3) is 6.88. The molecule has 1 saturated carbocycles. The summed E-state index contributed by atoms with van der Waals surface area (Å²) in [6.45, 7) is 2.24. The molecule has 4 nitrogen and oxygen atoms in total. The number of nitrogens with zero attached hydrogens (tertiary/aromatic N) is 1. The van der Waals surface area contributed by atoms with Crippen LogP contribution in [0, 0.1) is 0 Å². The summed E-state index contributed by atoms with van der Waals surface area (Å²) < 4.78 is 0.963. The number of carbonyl (C=O) groups is 2. The van der Waals surface area contributed by atoms with E-state index in [2.05, 4.69) is 21.2 Å². The Bertz CT molecular complexity index is 840. The minimum absolute atomic E-state index is 0.0323. The molecular formula is C24H29BrN2O2S. The van der Waals surface area contributed by atoms with Crippen LogP contribution in [0.3, 0.4) is 0 Å². The van der Waals surface area contributed by atoms with E-state index in [1.54, 1.807) is 4.90 Å². The van der Waals surface area contributed by atoms with E-state index >= 15 is 0 Å². The SMILES string of the molecule is C[C@H](C(=O)NC1CCCCC1)N(Cc1cccc(Br)c1)C(=O)CSc1ccccc1. The quantitative estimate of drug-likeness (QED) is 0.505. The molecule has 0 aliphatic heterocycles. The topological polar surface area (TPSA) is 49.4 Å². The standard InChI is InChI=1S/C24H29BrN2O2S/c1-18(24(29)26-21-11-4-2-5-12-21)27(16-19-9-8-10-20(25)15-19)23(28)17-30-22-13-6-3-7-14-22/h3,6-10,13-15,18,21H,2,4-5,11-12,16-17H2,1H3,(H,26,29)/t18-/m1/s1. The largest absolute Gasteiger partial charge is 0.352 e. The van der Waals surface area contributed by atoms with Gasteiger partial charge in [0, 0.05) is 22.0 Å². The lowest BCUT2D eigenvalue weighted by Crippen LogP contribution is -2.50. The second-order valence-electron chi connectivity index (χ2n) is 7.77. The van der Waals surface area contributed by atoms with E-state index in [1.165, 1.54) is 18.2 Å². The molecule has 30 heavy (non-hydrogen) atoms. The number of hydrogen-bond acceptors (Lipinski definition) is 3. The molecule has 0 radical (unpaired) electrons. The number of benzene rings is 2. The van der Waals surface area contributed by atoms with Crippen LogP contribution in [0.25, 0.3) is 0 Å². The number of nitrogens with one attached hydrogen (secondary N) is 1. The van der Waals surface area contributed by atoms with E-state index < -0.39 is 6.04 Å². The van der Waals surface area contributed by atoms with Crippen molar-refractivity contribution in [2.45, 2.75) is 62.6 Å². The summed E-state index contributed by atoms with van der Waals surface area (Å²) in [5, 5.41) is 3.18. The van der Waals surface area contributed by atoms with Gasteiger partial charge in [0.25, 0.3) is 0 Å². The second-order valence-corrected chi connectivity index (χ2v) is 9.74. The summed E-state index contributed by atoms with van der Waals surface area (Å²) >= 11 is 5.00. The molecule has 0 spiro atoms. The van der Waals surface area contributed by atoms with Gasteiger partial charge in [0.1, 0.15) is 6.04 Å². The van der Waals surface area contributed by atoms with Crippen LogP contribution in [-0.2, 0) is 16.1 Å². The van der Waals surface area contributed by atoms with Gasteiger partial charge < -0.3 is 10.2 Å². The Morgan fingerprint density at radius 2 is 1.83 bits per heavy atom. The molecule has 1 fully saturated rings. The van der Waals surface area contributed by atoms with Gasteiger partial charge in [-0.25, -0.2) is 0 Å². The number of amides is 2. The minimum atomic E-state index is -0.519. The molecule has 160 valence electrons. The smallest absolute Gasteiger partial charge is 0.242 e. The van der Waals surface area contributed by atoms with Crippen LogP contribution >= 0.6 is 27.7 Å². The molecule has 6 heteroatoms. The number of hydrogen-bond donors (Lipinski definition) is 1. The number of thioether (sulfide) groups is 1. The zero-order valence-electron chi connectivity index (χ0n) is 17.4. The first-order valence-corrected chi connectivity index (χ1v) is 12.3. The molecule has 0 unspecified atom stereocenters. The summed E-state index contributed by atoms with van der Waals surface area (Å²) in [5.74, 6) is 0.212. The van der Waals surface area contributed by atoms with Crippen LogP contribution in [0.15, 0.2) is 64.0 Å². The van der Waals surface area contributed by atoms with Gasteiger partial charge in [-0.15, -0.1) is 11.8 Å². The third-order valence-corrected chi connectivity index (χ3v) is 6.96. The fourth-order valence-corrected chi connectivity index (χ4v) is 4.98. The predicted octanol–water partition coefficient (Wildman–Crippen LogP) is 5.41. The van der Waals surface area contributed by atoms with Crippen molar-refractivity contribution in [1.82, 2.24) is 10.2 Å². The molecule has 0 aromatic heterocycles. The molecule has 0 saturated heterocycles. The molecule has 1 atom stereocenters. The molecule has 3 rings (SSSR count). The Morgan fingerprint density at radius 1 is 1.10 bits per heavy atom. The molecule has 0 bridgehead atoms. The Balaban J connectivity index is 1.69. The van der Waals surface area contributed by atoms with Crippen LogP contribution in [0.4, 0.5) is 0 Å². The molecule has 1 N–H and O–H groups in total. The highest BCUT2D eigenvalue weighted by Gasteiger charge is 2.28. The van der Waals surface area contributed by atoms with Gasteiger partial charge in [-0.05, 0) is 49.6 Å². The molecular weight excluding hydrogens is 460 g/mol. The average molecular weight is 489 g/mol. The van der Waals surface area contributed by atoms with E-state index in [-0.39, 0.29) is 17.9 Å². The molecule has 1 aliphatic carbocycles. The lowest BCUT2D eigenvalue weighted by Gasteiger charge is -2.31. The van der Waals surface area contributed by atoms with Crippen molar-refractivity contribution >= 4 is 39.5 Å². The van der Waals surface area contributed by atoms with Gasteiger partial charge in [0.05, 0.1) is 5.75 Å². The highest BCUT2D eigenvalue weighted by atomic mass is 79.9. The van der Waals surface area contributed by atoms with Crippen LogP contribution in [0.1, 0.15) is 44.6 Å². The maximum Gasteiger partial charge on any atom is 0.242 e. The van der Waals surface area contributed by atoms with E-state index in [9.17, 15) is 9.59 Å². The van der Waals surface area contributed by atoms with Crippen molar-refractivity contribution in [2.24, 2.45) is 0 Å². The van der Waals surface area contributed by atoms with E-state index in [0.29, 0.717) is 12.3 Å². The monoisotopic (exact) mass is 488 g/mol. The first-order chi connectivity index (χ1) is 14.5. The molecule has 2 amide bonds. The van der Waals surface area contributed by atoms with E-state index in [0.717, 1.165) is 40.6 Å². The number of carbonyl (C=O) groups excluding carboxylic acids is 2. The maximum absolute atomic E-state index is 13.2. The summed E-state index contributed by atoms with van der Waals surface area (Å²) in [7, 11) is 0. The number of rotatable bonds is 8. The fourth-order valence-electron chi connectivity index (χ4n) is 3.73. The Labute approximate surface area is 191 Å². The Morgan fingerprint density at radius 3 is 2.53 bits per heavy atom. The van der Waals surface area contributed by atoms with E-state index in [1.807, 2.05) is 61.5 Å². The van der Waals surface area contributed by atoms with E-state index in [4.69, 9.17) is 0 Å². The van der Waals surface area contributed by atoms with Gasteiger partial charge in [-0.2, -0.15) is 0 Å². The molecule has 2 aromatic carbocycles. The predicted molar refractivity (Wildman–Crippen MR) is 126 cm³/mol. The van der Waals surface area contributed by atoms with Crippen molar-refractivity contribution < 1.29 is 9.59 Å². The van der Waals surface area contributed by atoms with Crippen LogP contribution in [-0.4, -0.2) is 34.6 Å². The Hall–Kier alpha value is -1.79. The first kappa shape index (κ1) is 22.9. The average Bonchev–Trinajstić information content (AvgIpc) is 2.77. The lowest BCUT2D eigenvalue weighted by atomic mass is 9.95. The normalized spacial score (nSPS) is 15.4. The van der Waals surface area contributed by atoms with Gasteiger partial charge in [-0.3, -0.25) is 9.59 Å². The summed E-state index contributed by atoms with van der Waals surface area (Å²) in [6, 6.07) is 17.5. The van der Waals surface area contributed by atoms with Crippen LogP contribution in [0.2, 0.25) is 0 Å². The van der Waals surface area contributed by atoms with Crippen molar-refractivity contribution in [3.05, 3.63) is 64.6 Å².